The molecule has 0 saturated carbocycles. The number of pyridine rings is 1. The van der Waals surface area contributed by atoms with Gasteiger partial charge >= 0.3 is 0 Å². The van der Waals surface area contributed by atoms with Crippen molar-refractivity contribution in [2.24, 2.45) is 0 Å². The number of nitrogens with zero attached hydrogens (tertiary/aromatic N) is 1. The van der Waals surface area contributed by atoms with Crippen LogP contribution in [-0.2, 0) is 0 Å². The van der Waals surface area contributed by atoms with Crippen LogP contribution < -0.4 is 15.6 Å². The highest BCUT2D eigenvalue weighted by atomic mass is 35.5. The lowest BCUT2D eigenvalue weighted by Crippen LogP contribution is -2.23. The van der Waals surface area contributed by atoms with E-state index in [-0.39, 0.29) is 11.3 Å². The maximum atomic E-state index is 12.2. The van der Waals surface area contributed by atoms with Crippen LogP contribution in [0, 0.1) is 10.1 Å². The number of aromatic amines is 1. The second-order valence-corrected chi connectivity index (χ2v) is 5.78. The van der Waals surface area contributed by atoms with Gasteiger partial charge in [0.15, 0.2) is 0 Å². The molecule has 1 aromatic heterocycles. The Bertz CT molecular complexity index is 1060. The van der Waals surface area contributed by atoms with Crippen molar-refractivity contribution in [1.29, 1.82) is 0 Å². The van der Waals surface area contributed by atoms with Crippen molar-refractivity contribution in [3.63, 3.8) is 0 Å². The van der Waals surface area contributed by atoms with Crippen LogP contribution >= 0.6 is 11.6 Å². The number of anilines is 1. The zero-order chi connectivity index (χ0) is 19.4. The zero-order valence-corrected chi connectivity index (χ0v) is 14.4. The summed E-state index contributed by atoms with van der Waals surface area (Å²) in [6, 6.07) is 14.2. The Morgan fingerprint density at radius 2 is 1.85 bits per heavy atom. The quantitative estimate of drug-likeness (QED) is 0.509. The van der Waals surface area contributed by atoms with Crippen molar-refractivity contribution in [2.45, 2.75) is 0 Å². The number of hydrogen-bond acceptors (Lipinski definition) is 5. The van der Waals surface area contributed by atoms with E-state index in [9.17, 15) is 19.7 Å². The molecule has 1 heterocycles. The fraction of sp³-hybridized carbons (Fsp3) is 0. The van der Waals surface area contributed by atoms with Crippen molar-refractivity contribution in [2.75, 3.05) is 5.32 Å². The van der Waals surface area contributed by atoms with Crippen molar-refractivity contribution in [3.05, 3.63) is 91.8 Å². The van der Waals surface area contributed by atoms with Crippen LogP contribution in [0.3, 0.4) is 0 Å². The van der Waals surface area contributed by atoms with Crippen LogP contribution in [0.5, 0.6) is 11.5 Å². The number of hydrogen-bond donors (Lipinski definition) is 2. The predicted molar refractivity (Wildman–Crippen MR) is 99.6 cm³/mol. The molecule has 8 nitrogen and oxygen atoms in total. The van der Waals surface area contributed by atoms with Crippen molar-refractivity contribution in [1.82, 2.24) is 4.98 Å². The molecule has 1 amide bonds. The molecule has 0 fully saturated rings. The molecule has 0 bridgehead atoms. The fourth-order valence-electron chi connectivity index (χ4n) is 2.21. The van der Waals surface area contributed by atoms with Gasteiger partial charge in [-0.1, -0.05) is 23.7 Å². The Kier molecular flexibility index (Phi) is 5.18. The average Bonchev–Trinajstić information content (AvgIpc) is 2.65. The summed E-state index contributed by atoms with van der Waals surface area (Å²) in [6.07, 6.45) is 0.931. The summed E-state index contributed by atoms with van der Waals surface area (Å²) >= 11 is 6.03. The highest BCUT2D eigenvalue weighted by Crippen LogP contribution is 2.29. The summed E-state index contributed by atoms with van der Waals surface area (Å²) in [7, 11) is 0. The molecule has 0 saturated heterocycles. The zero-order valence-electron chi connectivity index (χ0n) is 13.6. The number of H-pyrrole nitrogens is 1. The number of rotatable bonds is 5. The summed E-state index contributed by atoms with van der Waals surface area (Å²) < 4.78 is 5.64. The van der Waals surface area contributed by atoms with Gasteiger partial charge in [0.2, 0.25) is 0 Å². The molecular weight excluding hydrogens is 374 g/mol. The van der Waals surface area contributed by atoms with Crippen molar-refractivity contribution < 1.29 is 14.5 Å². The molecule has 0 aliphatic heterocycles. The smallest absolute Gasteiger partial charge is 0.286 e. The molecule has 2 aromatic carbocycles. The number of benzene rings is 2. The van der Waals surface area contributed by atoms with Crippen molar-refractivity contribution in [3.8, 4) is 11.5 Å². The summed E-state index contributed by atoms with van der Waals surface area (Å²) in [5.41, 5.74) is -1.09. The first-order valence-electron chi connectivity index (χ1n) is 7.65. The predicted octanol–water partition coefficient (Wildman–Crippen LogP) is 3.98. The van der Waals surface area contributed by atoms with E-state index >= 15 is 0 Å². The first-order chi connectivity index (χ1) is 12.9. The number of ether oxygens (including phenoxy) is 1. The molecule has 0 aliphatic carbocycles. The third-order valence-corrected chi connectivity index (χ3v) is 3.83. The van der Waals surface area contributed by atoms with E-state index in [1.54, 1.807) is 48.5 Å². The molecule has 136 valence electrons. The van der Waals surface area contributed by atoms with E-state index in [0.29, 0.717) is 22.2 Å². The molecular formula is C18H12ClN3O5. The molecule has 0 unspecified atom stereocenters. The third-order valence-electron chi connectivity index (χ3n) is 3.52. The van der Waals surface area contributed by atoms with Gasteiger partial charge in [-0.05, 0) is 36.4 Å². The lowest BCUT2D eigenvalue weighted by molar-refractivity contribution is -0.385. The van der Waals surface area contributed by atoms with E-state index in [1.165, 1.54) is 0 Å². The highest BCUT2D eigenvalue weighted by Gasteiger charge is 2.16. The van der Waals surface area contributed by atoms with Gasteiger partial charge in [0.05, 0.1) is 16.1 Å². The first kappa shape index (κ1) is 18.2. The minimum Gasteiger partial charge on any atom is -0.456 e. The van der Waals surface area contributed by atoms with Crippen LogP contribution in [0.2, 0.25) is 5.02 Å². The van der Waals surface area contributed by atoms with Crippen LogP contribution in [0.15, 0.2) is 65.6 Å². The molecule has 0 aliphatic rings. The van der Waals surface area contributed by atoms with E-state index in [0.717, 1.165) is 12.3 Å². The molecule has 3 rings (SSSR count). The molecule has 9 heteroatoms. The maximum Gasteiger partial charge on any atom is 0.286 e. The third kappa shape index (κ3) is 4.31. The van der Waals surface area contributed by atoms with Crippen LogP contribution in [0.25, 0.3) is 0 Å². The van der Waals surface area contributed by atoms with Crippen LogP contribution in [0.1, 0.15) is 10.4 Å². The van der Waals surface area contributed by atoms with E-state index < -0.39 is 16.4 Å². The lowest BCUT2D eigenvalue weighted by Gasteiger charge is -2.09. The number of para-hydroxylation sites is 1. The second-order valence-electron chi connectivity index (χ2n) is 5.37. The highest BCUT2D eigenvalue weighted by molar-refractivity contribution is 6.32. The van der Waals surface area contributed by atoms with E-state index in [4.69, 9.17) is 16.3 Å². The number of nitrogens with one attached hydrogen (secondary N) is 2. The standard InChI is InChI=1S/C18H12ClN3O5/c19-15-3-1-2-4-16(15)27-13-7-5-11(6-8-13)21-18(24)14-9-12(22(25)26)10-20-17(14)23/h1-10H,(H,20,23)(H,21,24). The topological polar surface area (TPSA) is 114 Å². The first-order valence-corrected chi connectivity index (χ1v) is 8.03. The molecule has 2 N–H and O–H groups in total. The van der Waals surface area contributed by atoms with Gasteiger partial charge < -0.3 is 15.0 Å². The van der Waals surface area contributed by atoms with E-state index in [2.05, 4.69) is 10.3 Å². The average molecular weight is 386 g/mol. The largest absolute Gasteiger partial charge is 0.456 e. The summed E-state index contributed by atoms with van der Waals surface area (Å²) in [4.78, 5) is 36.2. The van der Waals surface area contributed by atoms with Gasteiger partial charge in [0.25, 0.3) is 17.2 Å². The second kappa shape index (κ2) is 7.71. The van der Waals surface area contributed by atoms with Gasteiger partial charge in [-0.2, -0.15) is 0 Å². The minimum atomic E-state index is -0.764. The number of nitro groups is 1. The Labute approximate surface area is 157 Å². The Morgan fingerprint density at radius 3 is 2.52 bits per heavy atom. The lowest BCUT2D eigenvalue weighted by atomic mass is 10.2. The number of halogens is 1. The Balaban J connectivity index is 1.74. The number of amides is 1. The van der Waals surface area contributed by atoms with Gasteiger partial charge in [0.1, 0.15) is 17.1 Å². The van der Waals surface area contributed by atoms with Crippen molar-refractivity contribution >= 4 is 28.9 Å². The molecule has 3 aromatic rings. The maximum absolute atomic E-state index is 12.2. The number of aromatic nitrogens is 1. The monoisotopic (exact) mass is 385 g/mol. The van der Waals surface area contributed by atoms with Gasteiger partial charge in [-0.25, -0.2) is 0 Å². The summed E-state index contributed by atoms with van der Waals surface area (Å²) in [6.45, 7) is 0. The normalized spacial score (nSPS) is 10.3. The SMILES string of the molecule is O=C(Nc1ccc(Oc2ccccc2Cl)cc1)c1cc([N+](=O)[O-])c[nH]c1=O. The Hall–Kier alpha value is -3.65. The van der Waals surface area contributed by atoms with E-state index in [1.807, 2.05) is 0 Å². The number of carbonyl (C=O) groups is 1. The molecule has 27 heavy (non-hydrogen) atoms. The molecule has 0 spiro atoms. The Morgan fingerprint density at radius 1 is 1.15 bits per heavy atom. The van der Waals surface area contributed by atoms with Gasteiger partial charge in [-0.3, -0.25) is 19.7 Å². The summed E-state index contributed by atoms with van der Waals surface area (Å²) in [5, 5.41) is 13.7. The van der Waals surface area contributed by atoms with Crippen LogP contribution in [0.4, 0.5) is 11.4 Å². The number of carbonyl (C=O) groups excluding carboxylic acids is 1. The molecule has 0 radical (unpaired) electrons. The fourth-order valence-corrected chi connectivity index (χ4v) is 2.38. The van der Waals surface area contributed by atoms with Gasteiger partial charge in [-0.15, -0.1) is 0 Å². The van der Waals surface area contributed by atoms with Gasteiger partial charge in [0, 0.05) is 11.8 Å². The molecule has 0 atom stereocenters. The minimum absolute atomic E-state index is 0.361. The van der Waals surface area contributed by atoms with Crippen LogP contribution in [-0.4, -0.2) is 15.8 Å². The summed E-state index contributed by atoms with van der Waals surface area (Å²) in [5.74, 6) is 0.216.